The molecule has 0 aliphatic rings. The van der Waals surface area contributed by atoms with Crippen LogP contribution in [0.15, 0.2) is 75.0 Å². The molecule has 0 fully saturated rings. The van der Waals surface area contributed by atoms with Crippen molar-refractivity contribution in [2.75, 3.05) is 0 Å². The Kier molecular flexibility index (Phi) is 7.20. The predicted octanol–water partition coefficient (Wildman–Crippen LogP) is 4.79. The van der Waals surface area contributed by atoms with Gasteiger partial charge in [-0.1, -0.05) is 35.0 Å². The van der Waals surface area contributed by atoms with Gasteiger partial charge in [0.25, 0.3) is 11.2 Å². The number of carboxylic acids is 1. The monoisotopic (exact) mass is 550 g/mol. The standard InChI is InChI=1S/C25H19BrN4O6/c1-2-23-28-21-8-6-18(26)12-20(21)24(31)29(23)27-13-17-11-19(30(34)35)7-9-22(17)36-14-15-4-3-5-16(10-15)25(32)33/h3-13H,2,14H2,1H3,(H,32,33). The first kappa shape index (κ1) is 24.7. The Bertz CT molecular complexity index is 1580. The second kappa shape index (κ2) is 10.5. The summed E-state index contributed by atoms with van der Waals surface area (Å²) in [6, 6.07) is 15.4. The minimum Gasteiger partial charge on any atom is -0.488 e. The normalized spacial score (nSPS) is 11.2. The average molecular weight is 551 g/mol. The number of benzene rings is 3. The van der Waals surface area contributed by atoms with Gasteiger partial charge in [-0.25, -0.2) is 9.78 Å². The molecule has 0 spiro atoms. The number of hydrogen-bond donors (Lipinski definition) is 1. The van der Waals surface area contributed by atoms with Crippen LogP contribution in [0.2, 0.25) is 0 Å². The molecule has 0 aliphatic heterocycles. The van der Waals surface area contributed by atoms with Gasteiger partial charge in [0.15, 0.2) is 0 Å². The summed E-state index contributed by atoms with van der Waals surface area (Å²) < 4.78 is 7.72. The van der Waals surface area contributed by atoms with Crippen molar-refractivity contribution in [3.63, 3.8) is 0 Å². The summed E-state index contributed by atoms with van der Waals surface area (Å²) in [6.07, 6.45) is 1.73. The van der Waals surface area contributed by atoms with Crippen molar-refractivity contribution < 1.29 is 19.6 Å². The Hall–Kier alpha value is -4.38. The molecule has 0 unspecified atom stereocenters. The van der Waals surface area contributed by atoms with Gasteiger partial charge in [-0.3, -0.25) is 14.9 Å². The minimum absolute atomic E-state index is 0.0193. The van der Waals surface area contributed by atoms with Crippen LogP contribution in [0.3, 0.4) is 0 Å². The zero-order valence-corrected chi connectivity index (χ0v) is 20.5. The van der Waals surface area contributed by atoms with E-state index in [1.807, 2.05) is 6.92 Å². The van der Waals surface area contributed by atoms with Crippen LogP contribution in [0.4, 0.5) is 5.69 Å². The number of nitrogens with zero attached hydrogens (tertiary/aromatic N) is 4. The maximum Gasteiger partial charge on any atom is 0.335 e. The van der Waals surface area contributed by atoms with Crippen LogP contribution < -0.4 is 10.3 Å². The number of ether oxygens (including phenoxy) is 1. The Morgan fingerprint density at radius 3 is 2.75 bits per heavy atom. The lowest BCUT2D eigenvalue weighted by Gasteiger charge is -2.11. The largest absolute Gasteiger partial charge is 0.488 e. The number of halogens is 1. The molecule has 3 aromatic carbocycles. The fraction of sp³-hybridized carbons (Fsp3) is 0.120. The second-order valence-electron chi connectivity index (χ2n) is 7.68. The number of hydrogen-bond acceptors (Lipinski definition) is 7. The van der Waals surface area contributed by atoms with E-state index in [1.165, 1.54) is 36.5 Å². The van der Waals surface area contributed by atoms with Crippen molar-refractivity contribution in [1.29, 1.82) is 0 Å². The molecule has 1 heterocycles. The molecule has 0 saturated carbocycles. The average Bonchev–Trinajstić information content (AvgIpc) is 2.87. The Balaban J connectivity index is 1.73. The van der Waals surface area contributed by atoms with E-state index in [2.05, 4.69) is 26.0 Å². The maximum absolute atomic E-state index is 13.1. The van der Waals surface area contributed by atoms with Gasteiger partial charge in [0.1, 0.15) is 18.2 Å². The molecule has 0 amide bonds. The lowest BCUT2D eigenvalue weighted by Crippen LogP contribution is -2.22. The lowest BCUT2D eigenvalue weighted by atomic mass is 10.1. The molecule has 1 N–H and O–H groups in total. The lowest BCUT2D eigenvalue weighted by molar-refractivity contribution is -0.384. The highest BCUT2D eigenvalue weighted by molar-refractivity contribution is 9.10. The highest BCUT2D eigenvalue weighted by atomic mass is 79.9. The van der Waals surface area contributed by atoms with E-state index >= 15 is 0 Å². The Labute approximate surface area is 212 Å². The van der Waals surface area contributed by atoms with Crippen molar-refractivity contribution >= 4 is 44.7 Å². The molecule has 1 aromatic heterocycles. The van der Waals surface area contributed by atoms with Gasteiger partial charge in [-0.05, 0) is 42.0 Å². The molecular formula is C25H19BrN4O6. The van der Waals surface area contributed by atoms with Crippen molar-refractivity contribution in [2.24, 2.45) is 5.10 Å². The Morgan fingerprint density at radius 2 is 2.03 bits per heavy atom. The summed E-state index contributed by atoms with van der Waals surface area (Å²) in [7, 11) is 0. The molecule has 4 aromatic rings. The number of nitro benzene ring substituents is 1. The number of aryl methyl sites for hydroxylation is 1. The molecule has 0 atom stereocenters. The number of carboxylic acid groups (broad SMARTS) is 1. The minimum atomic E-state index is -1.06. The topological polar surface area (TPSA) is 137 Å². The van der Waals surface area contributed by atoms with Gasteiger partial charge in [0, 0.05) is 28.6 Å². The van der Waals surface area contributed by atoms with Crippen LogP contribution in [-0.4, -0.2) is 31.9 Å². The first-order chi connectivity index (χ1) is 17.3. The quantitative estimate of drug-likeness (QED) is 0.189. The fourth-order valence-electron chi connectivity index (χ4n) is 3.50. The van der Waals surface area contributed by atoms with Crippen molar-refractivity contribution in [2.45, 2.75) is 20.0 Å². The third-order valence-electron chi connectivity index (χ3n) is 5.28. The van der Waals surface area contributed by atoms with Gasteiger partial charge in [-0.2, -0.15) is 9.78 Å². The number of non-ortho nitro benzene ring substituents is 1. The van der Waals surface area contributed by atoms with E-state index in [4.69, 9.17) is 4.74 Å². The number of aromatic nitrogens is 2. The molecule has 4 rings (SSSR count). The molecule has 0 aliphatic carbocycles. The predicted molar refractivity (Wildman–Crippen MR) is 137 cm³/mol. The maximum atomic E-state index is 13.1. The van der Waals surface area contributed by atoms with E-state index in [-0.39, 0.29) is 34.7 Å². The van der Waals surface area contributed by atoms with Crippen molar-refractivity contribution in [1.82, 2.24) is 9.66 Å². The summed E-state index contributed by atoms with van der Waals surface area (Å²) in [5, 5.41) is 25.2. The first-order valence-corrected chi connectivity index (χ1v) is 11.5. The van der Waals surface area contributed by atoms with Gasteiger partial charge in [0.05, 0.1) is 27.6 Å². The molecular weight excluding hydrogens is 532 g/mol. The van der Waals surface area contributed by atoms with Gasteiger partial charge in [-0.15, -0.1) is 0 Å². The summed E-state index contributed by atoms with van der Waals surface area (Å²) in [5.74, 6) is -0.370. The molecule has 0 bridgehead atoms. The van der Waals surface area contributed by atoms with E-state index in [0.717, 1.165) is 9.15 Å². The summed E-state index contributed by atoms with van der Waals surface area (Å²) >= 11 is 3.35. The van der Waals surface area contributed by atoms with E-state index in [1.54, 1.807) is 30.3 Å². The zero-order chi connectivity index (χ0) is 25.8. The van der Waals surface area contributed by atoms with Crippen LogP contribution in [-0.2, 0) is 13.0 Å². The van der Waals surface area contributed by atoms with Crippen LogP contribution >= 0.6 is 15.9 Å². The highest BCUT2D eigenvalue weighted by Crippen LogP contribution is 2.24. The number of nitro groups is 1. The number of aromatic carboxylic acids is 1. The highest BCUT2D eigenvalue weighted by Gasteiger charge is 2.14. The van der Waals surface area contributed by atoms with Gasteiger partial charge in [0.2, 0.25) is 0 Å². The smallest absolute Gasteiger partial charge is 0.335 e. The van der Waals surface area contributed by atoms with E-state index < -0.39 is 10.9 Å². The number of fused-ring (bicyclic) bond motifs is 1. The summed E-state index contributed by atoms with van der Waals surface area (Å²) in [4.78, 5) is 39.7. The zero-order valence-electron chi connectivity index (χ0n) is 18.9. The summed E-state index contributed by atoms with van der Waals surface area (Å²) in [5.41, 5.74) is 0.956. The third-order valence-corrected chi connectivity index (χ3v) is 5.77. The summed E-state index contributed by atoms with van der Waals surface area (Å²) in [6.45, 7) is 1.86. The third kappa shape index (κ3) is 5.31. The van der Waals surface area contributed by atoms with Crippen molar-refractivity contribution in [3.05, 3.63) is 108 Å². The van der Waals surface area contributed by atoms with E-state index in [0.29, 0.717) is 28.7 Å². The first-order valence-electron chi connectivity index (χ1n) is 10.8. The van der Waals surface area contributed by atoms with Gasteiger partial charge >= 0.3 is 5.97 Å². The van der Waals surface area contributed by atoms with Crippen LogP contribution in [0.25, 0.3) is 10.9 Å². The molecule has 182 valence electrons. The SMILES string of the molecule is CCc1nc2ccc(Br)cc2c(=O)n1N=Cc1cc([N+](=O)[O-])ccc1OCc1cccc(C(=O)O)c1. The van der Waals surface area contributed by atoms with Gasteiger partial charge < -0.3 is 9.84 Å². The molecule has 11 heteroatoms. The molecule has 10 nitrogen and oxygen atoms in total. The molecule has 36 heavy (non-hydrogen) atoms. The fourth-order valence-corrected chi connectivity index (χ4v) is 3.86. The second-order valence-corrected chi connectivity index (χ2v) is 8.59. The van der Waals surface area contributed by atoms with Crippen LogP contribution in [0.1, 0.15) is 34.2 Å². The van der Waals surface area contributed by atoms with Crippen molar-refractivity contribution in [3.8, 4) is 5.75 Å². The van der Waals surface area contributed by atoms with Crippen LogP contribution in [0, 0.1) is 10.1 Å². The Morgan fingerprint density at radius 1 is 1.22 bits per heavy atom. The number of carbonyl (C=O) groups is 1. The molecule has 0 saturated heterocycles. The van der Waals surface area contributed by atoms with E-state index in [9.17, 15) is 24.8 Å². The van der Waals surface area contributed by atoms with Crippen LogP contribution in [0.5, 0.6) is 5.75 Å². The molecule has 0 radical (unpaired) electrons. The number of rotatable bonds is 8.